The number of ether oxygens (including phenoxy) is 2. The van der Waals surface area contributed by atoms with Crippen molar-refractivity contribution >= 4 is 46.4 Å². The zero-order valence-electron chi connectivity index (χ0n) is 17.8. The van der Waals surface area contributed by atoms with E-state index in [1.54, 1.807) is 13.2 Å². The van der Waals surface area contributed by atoms with Crippen LogP contribution in [0.25, 0.3) is 5.70 Å². The Bertz CT molecular complexity index is 1450. The summed E-state index contributed by atoms with van der Waals surface area (Å²) in [5.74, 6) is 2.07. The lowest BCUT2D eigenvalue weighted by Gasteiger charge is -2.39. The van der Waals surface area contributed by atoms with Crippen LogP contribution >= 0.6 is 34.8 Å². The number of methoxy groups -OCH3 is 1. The Morgan fingerprint density at radius 1 is 0.971 bits per heavy atom. The molecule has 3 heterocycles. The summed E-state index contributed by atoms with van der Waals surface area (Å²) in [5, 5.41) is 9.65. The van der Waals surface area contributed by atoms with E-state index in [4.69, 9.17) is 44.3 Å². The Labute approximate surface area is 210 Å². The molecule has 6 nitrogen and oxygen atoms in total. The number of rotatable bonds is 3. The van der Waals surface area contributed by atoms with Crippen molar-refractivity contribution < 1.29 is 9.47 Å². The number of benzene rings is 3. The highest BCUT2D eigenvalue weighted by Crippen LogP contribution is 2.52. The minimum Gasteiger partial charge on any atom is -0.497 e. The summed E-state index contributed by atoms with van der Waals surface area (Å²) in [6, 6.07) is 18.5. The van der Waals surface area contributed by atoms with E-state index in [9.17, 15) is 0 Å². The zero-order chi connectivity index (χ0) is 23.4. The van der Waals surface area contributed by atoms with Crippen LogP contribution in [0, 0.1) is 0 Å². The minimum atomic E-state index is -0.434. The van der Waals surface area contributed by atoms with Gasteiger partial charge >= 0.3 is 0 Å². The molecule has 0 unspecified atom stereocenters. The molecular formula is C25H17Cl3N4O2. The molecule has 2 aliphatic rings. The van der Waals surface area contributed by atoms with E-state index in [1.165, 1.54) is 6.33 Å². The number of nitrogens with one attached hydrogen (secondary N) is 1. The van der Waals surface area contributed by atoms with Crippen LogP contribution in [-0.2, 0) is 0 Å². The van der Waals surface area contributed by atoms with Gasteiger partial charge in [0.15, 0.2) is 0 Å². The number of aromatic nitrogens is 3. The second-order valence-corrected chi connectivity index (χ2v) is 9.24. The first-order valence-electron chi connectivity index (χ1n) is 10.5. The van der Waals surface area contributed by atoms with Crippen molar-refractivity contribution in [3.05, 3.63) is 104 Å². The molecule has 0 saturated carbocycles. The van der Waals surface area contributed by atoms with Gasteiger partial charge in [-0.05, 0) is 53.6 Å². The van der Waals surface area contributed by atoms with E-state index >= 15 is 0 Å². The summed E-state index contributed by atoms with van der Waals surface area (Å²) in [6.07, 6.45) is 1.08. The maximum atomic E-state index is 6.72. The van der Waals surface area contributed by atoms with Gasteiger partial charge in [0.1, 0.15) is 30.0 Å². The first-order valence-corrected chi connectivity index (χ1v) is 11.6. The number of halogens is 3. The monoisotopic (exact) mass is 510 g/mol. The normalized spacial score (nSPS) is 18.4. The zero-order valence-corrected chi connectivity index (χ0v) is 20.1. The summed E-state index contributed by atoms with van der Waals surface area (Å²) in [6.45, 7) is 0. The van der Waals surface area contributed by atoms with Crippen molar-refractivity contribution in [2.75, 3.05) is 12.4 Å². The molecule has 0 bridgehead atoms. The smallest absolute Gasteiger partial charge is 0.226 e. The second kappa shape index (κ2) is 8.24. The van der Waals surface area contributed by atoms with Crippen LogP contribution in [0.15, 0.2) is 72.6 Å². The highest BCUT2D eigenvalue weighted by atomic mass is 35.5. The fraction of sp³-hybridized carbons (Fsp3) is 0.120. The number of hydrogen-bond donors (Lipinski definition) is 1. The molecule has 2 aliphatic heterocycles. The summed E-state index contributed by atoms with van der Waals surface area (Å²) in [4.78, 5) is 4.43. The third-order valence-electron chi connectivity index (χ3n) is 6.05. The predicted molar refractivity (Wildman–Crippen MR) is 133 cm³/mol. The van der Waals surface area contributed by atoms with Crippen LogP contribution in [0.4, 0.5) is 5.95 Å². The third kappa shape index (κ3) is 3.41. The Balaban J connectivity index is 1.63. The Morgan fingerprint density at radius 2 is 1.74 bits per heavy atom. The molecule has 0 radical (unpaired) electrons. The molecule has 3 aromatic carbocycles. The fourth-order valence-electron chi connectivity index (χ4n) is 4.52. The maximum Gasteiger partial charge on any atom is 0.226 e. The number of anilines is 1. The molecule has 0 aliphatic carbocycles. The van der Waals surface area contributed by atoms with Crippen LogP contribution in [-0.4, -0.2) is 21.9 Å². The standard InChI is InChI=1S/C25H17Cl3N4O2/c1-33-16-6-2-13(3-7-16)24-21-22(18-10-14(26)5-9-20(18)34-24)31-25-29-12-30-32(25)23(21)17-8-4-15(27)11-19(17)28/h2-12,23-24H,1H3,(H,29,30,31)/t23-,24+/m0/s1. The molecule has 1 N–H and O–H groups in total. The van der Waals surface area contributed by atoms with Gasteiger partial charge in [-0.25, -0.2) is 4.68 Å². The van der Waals surface area contributed by atoms with Gasteiger partial charge in [-0.1, -0.05) is 53.0 Å². The molecule has 34 heavy (non-hydrogen) atoms. The lowest BCUT2D eigenvalue weighted by Crippen LogP contribution is -2.32. The van der Waals surface area contributed by atoms with Gasteiger partial charge in [0, 0.05) is 26.2 Å². The van der Waals surface area contributed by atoms with E-state index in [1.807, 2.05) is 59.3 Å². The van der Waals surface area contributed by atoms with Crippen LogP contribution < -0.4 is 14.8 Å². The Kier molecular flexibility index (Phi) is 5.17. The number of fused-ring (bicyclic) bond motifs is 3. The summed E-state index contributed by atoms with van der Waals surface area (Å²) >= 11 is 19.3. The van der Waals surface area contributed by atoms with E-state index in [2.05, 4.69) is 15.4 Å². The molecule has 1 aromatic heterocycles. The van der Waals surface area contributed by atoms with Gasteiger partial charge < -0.3 is 14.8 Å². The molecule has 2 atom stereocenters. The molecular weight excluding hydrogens is 495 g/mol. The molecule has 170 valence electrons. The molecule has 6 rings (SSSR count). The molecule has 4 aromatic rings. The van der Waals surface area contributed by atoms with Crippen molar-refractivity contribution in [1.29, 1.82) is 0 Å². The van der Waals surface area contributed by atoms with Crippen LogP contribution in [0.1, 0.15) is 28.8 Å². The Morgan fingerprint density at radius 3 is 2.50 bits per heavy atom. The van der Waals surface area contributed by atoms with E-state index in [0.717, 1.165) is 33.7 Å². The number of hydrogen-bond acceptors (Lipinski definition) is 5. The van der Waals surface area contributed by atoms with Gasteiger partial charge in [-0.2, -0.15) is 10.1 Å². The first kappa shape index (κ1) is 21.4. The van der Waals surface area contributed by atoms with E-state index in [-0.39, 0.29) is 0 Å². The molecule has 0 spiro atoms. The average Bonchev–Trinajstić information content (AvgIpc) is 3.31. The maximum absolute atomic E-state index is 6.72. The predicted octanol–water partition coefficient (Wildman–Crippen LogP) is 6.81. The van der Waals surface area contributed by atoms with Crippen LogP contribution in [0.5, 0.6) is 11.5 Å². The summed E-state index contributed by atoms with van der Waals surface area (Å²) in [7, 11) is 1.64. The van der Waals surface area contributed by atoms with Crippen molar-refractivity contribution in [1.82, 2.24) is 14.8 Å². The quantitative estimate of drug-likeness (QED) is 0.327. The Hall–Kier alpha value is -3.19. The van der Waals surface area contributed by atoms with Crippen LogP contribution in [0.3, 0.4) is 0 Å². The SMILES string of the molecule is COc1ccc([C@H]2Oc3ccc(Cl)cc3C3=C2[C@H](c2ccc(Cl)cc2Cl)n2ncnc2N3)cc1. The topological polar surface area (TPSA) is 61.2 Å². The van der Waals surface area contributed by atoms with Crippen molar-refractivity contribution in [2.24, 2.45) is 0 Å². The van der Waals surface area contributed by atoms with Gasteiger partial charge in [-0.15, -0.1) is 0 Å². The molecule has 0 amide bonds. The lowest BCUT2D eigenvalue weighted by atomic mass is 9.84. The minimum absolute atomic E-state index is 0.391. The average molecular weight is 512 g/mol. The van der Waals surface area contributed by atoms with Crippen molar-refractivity contribution in [3.63, 3.8) is 0 Å². The van der Waals surface area contributed by atoms with E-state index in [0.29, 0.717) is 26.8 Å². The summed E-state index contributed by atoms with van der Waals surface area (Å²) in [5.41, 5.74) is 4.42. The van der Waals surface area contributed by atoms with Gasteiger partial charge in [0.25, 0.3) is 0 Å². The fourth-order valence-corrected chi connectivity index (χ4v) is 5.20. The van der Waals surface area contributed by atoms with Crippen LogP contribution in [0.2, 0.25) is 15.1 Å². The third-order valence-corrected chi connectivity index (χ3v) is 6.85. The van der Waals surface area contributed by atoms with Gasteiger partial charge in [0.2, 0.25) is 5.95 Å². The highest BCUT2D eigenvalue weighted by molar-refractivity contribution is 6.35. The molecule has 0 saturated heterocycles. The second-order valence-electron chi connectivity index (χ2n) is 7.96. The highest BCUT2D eigenvalue weighted by Gasteiger charge is 2.41. The van der Waals surface area contributed by atoms with Crippen molar-refractivity contribution in [2.45, 2.75) is 12.1 Å². The van der Waals surface area contributed by atoms with E-state index < -0.39 is 12.1 Å². The van der Waals surface area contributed by atoms with Gasteiger partial charge in [-0.3, -0.25) is 0 Å². The van der Waals surface area contributed by atoms with Crippen molar-refractivity contribution in [3.8, 4) is 11.5 Å². The number of nitrogens with zero attached hydrogens (tertiary/aromatic N) is 3. The van der Waals surface area contributed by atoms with Gasteiger partial charge in [0.05, 0.1) is 12.8 Å². The molecule has 9 heteroatoms. The molecule has 0 fully saturated rings. The first-order chi connectivity index (χ1) is 16.5. The summed E-state index contributed by atoms with van der Waals surface area (Å²) < 4.78 is 13.8. The largest absolute Gasteiger partial charge is 0.497 e. The lowest BCUT2D eigenvalue weighted by molar-refractivity contribution is 0.223.